The maximum atomic E-state index is 12.1. The van der Waals surface area contributed by atoms with E-state index in [1.165, 1.54) is 23.1 Å². The van der Waals surface area contributed by atoms with Crippen molar-refractivity contribution < 1.29 is 14.3 Å². The number of thioether (sulfide) groups is 1. The Morgan fingerprint density at radius 3 is 2.83 bits per heavy atom. The van der Waals surface area contributed by atoms with Crippen molar-refractivity contribution in [2.45, 2.75) is 35.8 Å². The van der Waals surface area contributed by atoms with Crippen LogP contribution in [0.2, 0.25) is 0 Å². The Bertz CT molecular complexity index is 774. The van der Waals surface area contributed by atoms with Crippen LogP contribution in [0.4, 0.5) is 10.8 Å². The van der Waals surface area contributed by atoms with Crippen LogP contribution in [0.5, 0.6) is 11.5 Å². The molecule has 3 N–H and O–H groups in total. The summed E-state index contributed by atoms with van der Waals surface area (Å²) in [6.45, 7) is 0. The van der Waals surface area contributed by atoms with E-state index in [9.17, 15) is 4.79 Å². The average Bonchev–Trinajstić information content (AvgIpc) is 3.26. The van der Waals surface area contributed by atoms with Gasteiger partial charge in [0, 0.05) is 24.6 Å². The van der Waals surface area contributed by atoms with Gasteiger partial charge < -0.3 is 20.5 Å². The number of carbonyl (C=O) groups is 1. The predicted molar refractivity (Wildman–Crippen MR) is 92.6 cm³/mol. The van der Waals surface area contributed by atoms with Crippen LogP contribution in [0.25, 0.3) is 0 Å². The number of aromatic nitrogens is 2. The van der Waals surface area contributed by atoms with Gasteiger partial charge in [-0.05, 0) is 25.0 Å². The molecule has 9 heteroatoms. The third-order valence-electron chi connectivity index (χ3n) is 3.93. The Kier molecular flexibility index (Phi) is 3.97. The minimum atomic E-state index is -0.488. The van der Waals surface area contributed by atoms with E-state index in [1.54, 1.807) is 0 Å². The molecule has 1 amide bonds. The number of hydrogen-bond acceptors (Lipinski definition) is 8. The molecule has 1 spiro atoms. The molecular formula is C15H16N4O3S2. The molecule has 4 rings (SSSR count). The number of nitrogens with two attached hydrogens (primary N) is 1. The number of benzene rings is 1. The molecule has 1 aliphatic heterocycles. The largest absolute Gasteiger partial charge is 0.448 e. The van der Waals surface area contributed by atoms with Gasteiger partial charge in [0.25, 0.3) is 5.79 Å². The highest BCUT2D eigenvalue weighted by Crippen LogP contribution is 2.47. The summed E-state index contributed by atoms with van der Waals surface area (Å²) >= 11 is 2.57. The number of hydrogen-bond donors (Lipinski definition) is 2. The molecule has 0 radical (unpaired) electrons. The molecule has 1 aromatic heterocycles. The number of nitrogens with zero attached hydrogens (tertiary/aromatic N) is 2. The van der Waals surface area contributed by atoms with Crippen molar-refractivity contribution in [3.63, 3.8) is 0 Å². The molecule has 0 bridgehead atoms. The minimum absolute atomic E-state index is 0.122. The van der Waals surface area contributed by atoms with Gasteiger partial charge in [-0.25, -0.2) is 0 Å². The minimum Gasteiger partial charge on any atom is -0.448 e. The highest BCUT2D eigenvalue weighted by Gasteiger charge is 2.44. The number of rotatable bonds is 4. The van der Waals surface area contributed by atoms with Gasteiger partial charge in [0.05, 0.1) is 5.75 Å². The highest BCUT2D eigenvalue weighted by molar-refractivity contribution is 8.01. The first kappa shape index (κ1) is 15.5. The quantitative estimate of drug-likeness (QED) is 0.805. The Balaban J connectivity index is 1.37. The van der Waals surface area contributed by atoms with E-state index in [-0.39, 0.29) is 11.7 Å². The van der Waals surface area contributed by atoms with Gasteiger partial charge in [0.15, 0.2) is 15.8 Å². The van der Waals surface area contributed by atoms with Crippen LogP contribution in [0.1, 0.15) is 25.7 Å². The molecule has 7 nitrogen and oxygen atoms in total. The topological polar surface area (TPSA) is 99.4 Å². The van der Waals surface area contributed by atoms with Gasteiger partial charge in [-0.15, -0.1) is 10.2 Å². The normalized spacial score (nSPS) is 17.3. The molecule has 24 heavy (non-hydrogen) atoms. The summed E-state index contributed by atoms with van der Waals surface area (Å²) < 4.78 is 12.6. The van der Waals surface area contributed by atoms with Gasteiger partial charge in [0.1, 0.15) is 0 Å². The average molecular weight is 364 g/mol. The lowest BCUT2D eigenvalue weighted by molar-refractivity contribution is -0.113. The second kappa shape index (κ2) is 6.14. The van der Waals surface area contributed by atoms with E-state index in [2.05, 4.69) is 15.5 Å². The fraction of sp³-hybridized carbons (Fsp3) is 0.400. The number of ether oxygens (including phenoxy) is 2. The SMILES string of the molecule is Nc1nnc(SCC(=O)Nc2ccc3c(c2)OC2(CCCC2)O3)s1. The van der Waals surface area contributed by atoms with Crippen LogP contribution >= 0.6 is 23.1 Å². The van der Waals surface area contributed by atoms with Crippen molar-refractivity contribution in [2.75, 3.05) is 16.8 Å². The van der Waals surface area contributed by atoms with Crippen LogP contribution in [0, 0.1) is 0 Å². The molecular weight excluding hydrogens is 348 g/mol. The maximum Gasteiger partial charge on any atom is 0.251 e. The highest BCUT2D eigenvalue weighted by atomic mass is 32.2. The number of nitrogens with one attached hydrogen (secondary N) is 1. The number of fused-ring (bicyclic) bond motifs is 1. The van der Waals surface area contributed by atoms with Crippen LogP contribution in [-0.4, -0.2) is 27.6 Å². The summed E-state index contributed by atoms with van der Waals surface area (Å²) in [5.74, 6) is 1.07. The number of carbonyl (C=O) groups excluding carboxylic acids is 1. The zero-order valence-electron chi connectivity index (χ0n) is 12.8. The van der Waals surface area contributed by atoms with E-state index in [0.717, 1.165) is 31.4 Å². The lowest BCUT2D eigenvalue weighted by Crippen LogP contribution is -2.34. The van der Waals surface area contributed by atoms with E-state index < -0.39 is 5.79 Å². The van der Waals surface area contributed by atoms with Crippen molar-refractivity contribution in [3.05, 3.63) is 18.2 Å². The number of amides is 1. The summed E-state index contributed by atoms with van der Waals surface area (Å²) in [5.41, 5.74) is 6.20. The van der Waals surface area contributed by atoms with Crippen LogP contribution < -0.4 is 20.5 Å². The lowest BCUT2D eigenvalue weighted by atomic mass is 10.2. The van der Waals surface area contributed by atoms with E-state index in [0.29, 0.717) is 20.9 Å². The van der Waals surface area contributed by atoms with Gasteiger partial charge in [0.2, 0.25) is 11.0 Å². The molecule has 0 unspecified atom stereocenters. The van der Waals surface area contributed by atoms with Crippen molar-refractivity contribution in [3.8, 4) is 11.5 Å². The standard InChI is InChI=1S/C15H16N4O3S2/c16-13-18-19-14(24-13)23-8-12(20)17-9-3-4-10-11(7-9)22-15(21-10)5-1-2-6-15/h3-4,7H,1-2,5-6,8H2,(H2,16,18)(H,17,20). The fourth-order valence-electron chi connectivity index (χ4n) is 2.89. The molecule has 1 fully saturated rings. The van der Waals surface area contributed by atoms with Gasteiger partial charge >= 0.3 is 0 Å². The Labute approximate surface area is 146 Å². The summed E-state index contributed by atoms with van der Waals surface area (Å²) in [6.07, 6.45) is 4.05. The van der Waals surface area contributed by atoms with E-state index >= 15 is 0 Å². The molecule has 1 saturated carbocycles. The molecule has 0 atom stereocenters. The third-order valence-corrected chi connectivity index (χ3v) is 5.82. The summed E-state index contributed by atoms with van der Waals surface area (Å²) in [6, 6.07) is 5.48. The lowest BCUT2D eigenvalue weighted by Gasteiger charge is -2.21. The van der Waals surface area contributed by atoms with Gasteiger partial charge in [-0.1, -0.05) is 23.1 Å². The number of anilines is 2. The Morgan fingerprint density at radius 1 is 1.29 bits per heavy atom. The van der Waals surface area contributed by atoms with Gasteiger partial charge in [-0.2, -0.15) is 0 Å². The molecule has 0 saturated heterocycles. The van der Waals surface area contributed by atoms with Crippen molar-refractivity contribution >= 4 is 39.8 Å². The van der Waals surface area contributed by atoms with Crippen molar-refractivity contribution in [2.24, 2.45) is 0 Å². The molecule has 2 aliphatic rings. The molecule has 2 heterocycles. The predicted octanol–water partition coefficient (Wildman–Crippen LogP) is 2.89. The van der Waals surface area contributed by atoms with E-state index in [1.807, 2.05) is 18.2 Å². The summed E-state index contributed by atoms with van der Waals surface area (Å²) in [4.78, 5) is 12.1. The van der Waals surface area contributed by atoms with E-state index in [4.69, 9.17) is 15.2 Å². The third kappa shape index (κ3) is 3.13. The van der Waals surface area contributed by atoms with Crippen LogP contribution in [0.3, 0.4) is 0 Å². The van der Waals surface area contributed by atoms with Crippen molar-refractivity contribution in [1.29, 1.82) is 0 Å². The summed E-state index contributed by atoms with van der Waals surface area (Å²) in [5, 5.41) is 10.8. The fourth-order valence-corrected chi connectivity index (χ4v) is 4.33. The van der Waals surface area contributed by atoms with Crippen molar-refractivity contribution in [1.82, 2.24) is 10.2 Å². The Morgan fingerprint density at radius 2 is 2.08 bits per heavy atom. The first-order chi connectivity index (χ1) is 11.6. The van der Waals surface area contributed by atoms with Crippen LogP contribution in [-0.2, 0) is 4.79 Å². The second-order valence-electron chi connectivity index (χ2n) is 5.73. The maximum absolute atomic E-state index is 12.1. The first-order valence-corrected chi connectivity index (χ1v) is 9.46. The monoisotopic (exact) mass is 364 g/mol. The molecule has 1 aromatic carbocycles. The number of nitrogen functional groups attached to an aromatic ring is 1. The zero-order valence-corrected chi connectivity index (χ0v) is 14.4. The second-order valence-corrected chi connectivity index (χ2v) is 7.96. The molecule has 1 aliphatic carbocycles. The molecule has 126 valence electrons. The molecule has 2 aromatic rings. The van der Waals surface area contributed by atoms with Crippen LogP contribution in [0.15, 0.2) is 22.5 Å². The van der Waals surface area contributed by atoms with Gasteiger partial charge in [-0.3, -0.25) is 4.79 Å². The zero-order chi connectivity index (χ0) is 16.6. The first-order valence-electron chi connectivity index (χ1n) is 7.66. The summed E-state index contributed by atoms with van der Waals surface area (Å²) in [7, 11) is 0. The smallest absolute Gasteiger partial charge is 0.251 e. The Hall–Kier alpha value is -2.00.